The van der Waals surface area contributed by atoms with Crippen LogP contribution in [0.2, 0.25) is 0 Å². The van der Waals surface area contributed by atoms with Crippen LogP contribution in [0.25, 0.3) is 10.8 Å². The highest BCUT2D eigenvalue weighted by Gasteiger charge is 2.22. The molecule has 1 unspecified atom stereocenters. The molecule has 0 saturated carbocycles. The number of hydrogen-bond acceptors (Lipinski definition) is 3. The predicted molar refractivity (Wildman–Crippen MR) is 102 cm³/mol. The Hall–Kier alpha value is -2.11. The van der Waals surface area contributed by atoms with Crippen molar-refractivity contribution in [2.24, 2.45) is 0 Å². The van der Waals surface area contributed by atoms with Gasteiger partial charge < -0.3 is 15.5 Å². The summed E-state index contributed by atoms with van der Waals surface area (Å²) in [6, 6.07) is 13.8. The van der Waals surface area contributed by atoms with E-state index in [1.807, 2.05) is 49.5 Å². The number of halogens is 1. The third-order valence-corrected chi connectivity index (χ3v) is 4.61. The van der Waals surface area contributed by atoms with Crippen molar-refractivity contribution in [2.45, 2.75) is 18.9 Å². The minimum absolute atomic E-state index is 0. The second-order valence-corrected chi connectivity index (χ2v) is 6.22. The summed E-state index contributed by atoms with van der Waals surface area (Å²) in [6.07, 6.45) is 1.32. The third-order valence-electron chi connectivity index (χ3n) is 4.61. The van der Waals surface area contributed by atoms with Crippen LogP contribution in [0.4, 0.5) is 0 Å². The quantitative estimate of drug-likeness (QED) is 0.858. The summed E-state index contributed by atoms with van der Waals surface area (Å²) in [6.45, 7) is 2.17. The van der Waals surface area contributed by atoms with Crippen molar-refractivity contribution >= 4 is 35.0 Å². The van der Waals surface area contributed by atoms with Crippen molar-refractivity contribution in [3.05, 3.63) is 48.0 Å². The average molecular weight is 362 g/mol. The molecule has 0 spiro atoms. The lowest BCUT2D eigenvalue weighted by Gasteiger charge is -2.23. The zero-order chi connectivity index (χ0) is 16.9. The number of benzene rings is 2. The second-order valence-electron chi connectivity index (χ2n) is 6.22. The van der Waals surface area contributed by atoms with Crippen molar-refractivity contribution in [1.29, 1.82) is 0 Å². The highest BCUT2D eigenvalue weighted by atomic mass is 35.5. The van der Waals surface area contributed by atoms with Crippen molar-refractivity contribution in [3.8, 4) is 0 Å². The first-order valence-corrected chi connectivity index (χ1v) is 8.38. The fourth-order valence-corrected chi connectivity index (χ4v) is 3.07. The molecule has 1 saturated heterocycles. The molecule has 2 N–H and O–H groups in total. The summed E-state index contributed by atoms with van der Waals surface area (Å²) in [7, 11) is 1.84. The number of fused-ring (bicyclic) bond motifs is 1. The number of carbonyl (C=O) groups is 2. The van der Waals surface area contributed by atoms with Crippen LogP contribution in [0.3, 0.4) is 0 Å². The summed E-state index contributed by atoms with van der Waals surface area (Å²) in [4.78, 5) is 26.2. The molecular formula is C19H24ClN3O2. The summed E-state index contributed by atoms with van der Waals surface area (Å²) in [5.41, 5.74) is 0.620. The van der Waals surface area contributed by atoms with Crippen LogP contribution in [-0.2, 0) is 4.79 Å². The Bertz CT molecular complexity index is 744. The van der Waals surface area contributed by atoms with Gasteiger partial charge in [0.05, 0.1) is 0 Å². The van der Waals surface area contributed by atoms with Crippen molar-refractivity contribution in [2.75, 3.05) is 26.7 Å². The molecule has 1 fully saturated rings. The van der Waals surface area contributed by atoms with E-state index in [2.05, 4.69) is 10.6 Å². The van der Waals surface area contributed by atoms with Gasteiger partial charge in [-0.15, -0.1) is 12.4 Å². The Morgan fingerprint density at radius 1 is 1.20 bits per heavy atom. The molecule has 2 amide bonds. The molecule has 5 nitrogen and oxygen atoms in total. The SMILES string of the molecule is CN(C(=O)CCNC(=O)c1ccc2ccccc2c1)C1CCNC1.Cl. The largest absolute Gasteiger partial charge is 0.352 e. The molecule has 2 aromatic rings. The maximum absolute atomic E-state index is 12.2. The van der Waals surface area contributed by atoms with E-state index in [0.717, 1.165) is 30.3 Å². The van der Waals surface area contributed by atoms with Crippen LogP contribution < -0.4 is 10.6 Å². The molecule has 3 rings (SSSR count). The Morgan fingerprint density at radius 3 is 2.68 bits per heavy atom. The van der Waals surface area contributed by atoms with Gasteiger partial charge in [0.25, 0.3) is 5.91 Å². The highest BCUT2D eigenvalue weighted by molar-refractivity contribution is 5.98. The lowest BCUT2D eigenvalue weighted by Crippen LogP contribution is -2.40. The summed E-state index contributed by atoms with van der Waals surface area (Å²) < 4.78 is 0. The van der Waals surface area contributed by atoms with Crippen molar-refractivity contribution < 1.29 is 9.59 Å². The standard InChI is InChI=1S/C19H23N3O2.ClH/c1-22(17-8-10-20-13-17)18(23)9-11-21-19(24)16-7-6-14-4-2-3-5-15(14)12-16;/h2-7,12,17,20H,8-11,13H2,1H3,(H,21,24);1H. The van der Waals surface area contributed by atoms with E-state index in [1.165, 1.54) is 0 Å². The number of carbonyl (C=O) groups excluding carboxylic acids is 2. The normalized spacial score (nSPS) is 16.3. The molecule has 1 atom stereocenters. The molecule has 2 aromatic carbocycles. The van der Waals surface area contributed by atoms with E-state index in [0.29, 0.717) is 18.5 Å². The maximum Gasteiger partial charge on any atom is 0.251 e. The van der Waals surface area contributed by atoms with Crippen LogP contribution in [0.1, 0.15) is 23.2 Å². The summed E-state index contributed by atoms with van der Waals surface area (Å²) in [5, 5.41) is 8.24. The Morgan fingerprint density at radius 2 is 1.96 bits per heavy atom. The minimum Gasteiger partial charge on any atom is -0.352 e. The van der Waals surface area contributed by atoms with E-state index in [-0.39, 0.29) is 30.3 Å². The maximum atomic E-state index is 12.2. The Kier molecular flexibility index (Phi) is 6.79. The van der Waals surface area contributed by atoms with Gasteiger partial charge in [-0.25, -0.2) is 0 Å². The molecule has 0 aromatic heterocycles. The number of rotatable bonds is 5. The zero-order valence-electron chi connectivity index (χ0n) is 14.3. The molecule has 0 radical (unpaired) electrons. The van der Waals surface area contributed by atoms with Crippen LogP contribution in [0.5, 0.6) is 0 Å². The summed E-state index contributed by atoms with van der Waals surface area (Å²) >= 11 is 0. The molecule has 0 aliphatic carbocycles. The Balaban J connectivity index is 0.00000225. The molecule has 25 heavy (non-hydrogen) atoms. The third kappa shape index (κ3) is 4.71. The average Bonchev–Trinajstić information content (AvgIpc) is 3.15. The fraction of sp³-hybridized carbons (Fsp3) is 0.368. The predicted octanol–water partition coefficient (Wildman–Crippen LogP) is 2.20. The zero-order valence-corrected chi connectivity index (χ0v) is 15.1. The lowest BCUT2D eigenvalue weighted by atomic mass is 10.1. The highest BCUT2D eigenvalue weighted by Crippen LogP contribution is 2.15. The van der Waals surface area contributed by atoms with E-state index >= 15 is 0 Å². The number of nitrogens with one attached hydrogen (secondary N) is 2. The molecule has 6 heteroatoms. The number of amides is 2. The first kappa shape index (κ1) is 19.2. The van der Waals surface area contributed by atoms with Crippen LogP contribution in [-0.4, -0.2) is 49.4 Å². The van der Waals surface area contributed by atoms with Crippen LogP contribution >= 0.6 is 12.4 Å². The van der Waals surface area contributed by atoms with Gasteiger partial charge >= 0.3 is 0 Å². The molecular weight excluding hydrogens is 338 g/mol. The van der Waals surface area contributed by atoms with E-state index in [4.69, 9.17) is 0 Å². The van der Waals surface area contributed by atoms with Gasteiger partial charge in [-0.1, -0.05) is 30.3 Å². The Labute approximate surface area is 154 Å². The van der Waals surface area contributed by atoms with Gasteiger partial charge in [-0.2, -0.15) is 0 Å². The van der Waals surface area contributed by atoms with E-state index in [9.17, 15) is 9.59 Å². The molecule has 1 aliphatic rings. The van der Waals surface area contributed by atoms with E-state index < -0.39 is 0 Å². The van der Waals surface area contributed by atoms with Gasteiger partial charge in [-0.05, 0) is 35.9 Å². The van der Waals surface area contributed by atoms with Gasteiger partial charge in [-0.3, -0.25) is 9.59 Å². The number of nitrogens with zero attached hydrogens (tertiary/aromatic N) is 1. The van der Waals surface area contributed by atoms with Gasteiger partial charge in [0.2, 0.25) is 5.91 Å². The molecule has 134 valence electrons. The van der Waals surface area contributed by atoms with Crippen molar-refractivity contribution in [3.63, 3.8) is 0 Å². The smallest absolute Gasteiger partial charge is 0.251 e. The van der Waals surface area contributed by atoms with Gasteiger partial charge in [0.1, 0.15) is 0 Å². The molecule has 1 aliphatic heterocycles. The van der Waals surface area contributed by atoms with Crippen LogP contribution in [0.15, 0.2) is 42.5 Å². The van der Waals surface area contributed by atoms with Crippen LogP contribution in [0, 0.1) is 0 Å². The monoisotopic (exact) mass is 361 g/mol. The first-order chi connectivity index (χ1) is 11.6. The van der Waals surface area contributed by atoms with Gasteiger partial charge in [0, 0.05) is 38.2 Å². The van der Waals surface area contributed by atoms with Crippen molar-refractivity contribution in [1.82, 2.24) is 15.5 Å². The minimum atomic E-state index is -0.140. The molecule has 0 bridgehead atoms. The lowest BCUT2D eigenvalue weighted by molar-refractivity contribution is -0.131. The fourth-order valence-electron chi connectivity index (χ4n) is 3.07. The first-order valence-electron chi connectivity index (χ1n) is 8.38. The topological polar surface area (TPSA) is 61.4 Å². The summed E-state index contributed by atoms with van der Waals surface area (Å²) in [5.74, 6) is -0.0683. The van der Waals surface area contributed by atoms with Gasteiger partial charge in [0.15, 0.2) is 0 Å². The second kappa shape index (κ2) is 8.83. The van der Waals surface area contributed by atoms with E-state index in [1.54, 1.807) is 4.90 Å². The number of likely N-dealkylation sites (N-methyl/N-ethyl adjacent to an activating group) is 1. The molecule has 1 heterocycles. The number of hydrogen-bond donors (Lipinski definition) is 2.